The molecular weight excluding hydrogens is 332 g/mol. The van der Waals surface area contributed by atoms with Gasteiger partial charge in [-0.15, -0.1) is 0 Å². The molecule has 0 aliphatic carbocycles. The highest BCUT2D eigenvalue weighted by Gasteiger charge is 2.43. The maximum Gasteiger partial charge on any atom is 0.231 e. The summed E-state index contributed by atoms with van der Waals surface area (Å²) in [7, 11) is 1.50. The number of carbonyl (C=O) groups is 1. The van der Waals surface area contributed by atoms with Crippen molar-refractivity contribution in [2.75, 3.05) is 13.7 Å². The predicted molar refractivity (Wildman–Crippen MR) is 95.8 cm³/mol. The molecule has 0 spiro atoms. The van der Waals surface area contributed by atoms with Crippen LogP contribution in [0.3, 0.4) is 0 Å². The van der Waals surface area contributed by atoms with Gasteiger partial charge >= 0.3 is 0 Å². The summed E-state index contributed by atoms with van der Waals surface area (Å²) in [6.07, 6.45) is 2.33. The summed E-state index contributed by atoms with van der Waals surface area (Å²) in [5.41, 5.74) is 3.94. The van der Waals surface area contributed by atoms with Crippen LogP contribution in [0.1, 0.15) is 28.7 Å². The van der Waals surface area contributed by atoms with Crippen LogP contribution in [-0.2, 0) is 11.2 Å². The van der Waals surface area contributed by atoms with Gasteiger partial charge in [0.1, 0.15) is 17.8 Å². The van der Waals surface area contributed by atoms with E-state index in [1.54, 1.807) is 18.2 Å². The lowest BCUT2D eigenvalue weighted by atomic mass is 9.86. The van der Waals surface area contributed by atoms with Gasteiger partial charge in [-0.1, -0.05) is 6.07 Å². The molecule has 2 aliphatic heterocycles. The fourth-order valence-corrected chi connectivity index (χ4v) is 4.10. The number of benzene rings is 2. The van der Waals surface area contributed by atoms with Gasteiger partial charge in [-0.3, -0.25) is 4.79 Å². The van der Waals surface area contributed by atoms with Gasteiger partial charge in [-0.05, 0) is 41.8 Å². The van der Waals surface area contributed by atoms with Crippen molar-refractivity contribution < 1.29 is 19.4 Å². The molecule has 6 nitrogen and oxygen atoms in total. The number of aromatic hydroxyl groups is 1. The number of ether oxygens (including phenoxy) is 2. The van der Waals surface area contributed by atoms with Gasteiger partial charge in [-0.25, -0.2) is 0 Å². The van der Waals surface area contributed by atoms with Gasteiger partial charge in [0.15, 0.2) is 11.5 Å². The van der Waals surface area contributed by atoms with Crippen LogP contribution in [0.15, 0.2) is 36.5 Å². The summed E-state index contributed by atoms with van der Waals surface area (Å²) in [5.74, 6) is 0.667. The standard InChI is InChI=1S/C20H18N2O4/c1-25-15-8-10(2-4-13(15)23)19-18-17-14(26-19)5-3-12-16(17)11(9-22-12)6-7-21-20(18)24/h2-5,8-9,18-19,22-23H,6-7H2,1H3,(H,21,24)/t18-,19-/m1/s1. The fraction of sp³-hybridized carbons (Fsp3) is 0.250. The third-order valence-electron chi connectivity index (χ3n) is 5.30. The Balaban J connectivity index is 1.71. The molecule has 2 atom stereocenters. The van der Waals surface area contributed by atoms with Crippen molar-refractivity contribution in [2.45, 2.75) is 18.4 Å². The van der Waals surface area contributed by atoms with Crippen LogP contribution in [0.2, 0.25) is 0 Å². The predicted octanol–water partition coefficient (Wildman–Crippen LogP) is 2.77. The highest BCUT2D eigenvalue weighted by atomic mass is 16.5. The minimum atomic E-state index is -0.467. The molecule has 3 N–H and O–H groups in total. The van der Waals surface area contributed by atoms with Crippen LogP contribution < -0.4 is 14.8 Å². The number of aromatic amines is 1. The summed E-state index contributed by atoms with van der Waals surface area (Å²) in [6, 6.07) is 8.98. The van der Waals surface area contributed by atoms with Crippen LogP contribution in [-0.4, -0.2) is 29.7 Å². The van der Waals surface area contributed by atoms with Gasteiger partial charge in [-0.2, -0.15) is 0 Å². The van der Waals surface area contributed by atoms with Crippen LogP contribution in [0, 0.1) is 0 Å². The maximum absolute atomic E-state index is 12.9. The number of carbonyl (C=O) groups excluding carboxylic acids is 1. The largest absolute Gasteiger partial charge is 0.504 e. The molecule has 1 aromatic heterocycles. The number of hydrogen-bond donors (Lipinski definition) is 3. The Morgan fingerprint density at radius 2 is 2.15 bits per heavy atom. The van der Waals surface area contributed by atoms with E-state index < -0.39 is 12.0 Å². The average Bonchev–Trinajstić information content (AvgIpc) is 3.21. The highest BCUT2D eigenvalue weighted by molar-refractivity contribution is 5.97. The smallest absolute Gasteiger partial charge is 0.231 e. The maximum atomic E-state index is 12.9. The Labute approximate surface area is 149 Å². The first-order valence-electron chi connectivity index (χ1n) is 8.61. The normalized spacial score (nSPS) is 21.0. The zero-order valence-electron chi connectivity index (χ0n) is 14.2. The quantitative estimate of drug-likeness (QED) is 0.664. The average molecular weight is 350 g/mol. The van der Waals surface area contributed by atoms with E-state index in [1.807, 2.05) is 18.3 Å². The van der Waals surface area contributed by atoms with Gasteiger partial charge in [0.2, 0.25) is 5.91 Å². The second-order valence-corrected chi connectivity index (χ2v) is 6.70. The first-order valence-corrected chi connectivity index (χ1v) is 8.61. The summed E-state index contributed by atoms with van der Waals surface area (Å²) >= 11 is 0. The monoisotopic (exact) mass is 350 g/mol. The molecule has 3 heterocycles. The summed E-state index contributed by atoms with van der Waals surface area (Å²) < 4.78 is 11.4. The first kappa shape index (κ1) is 15.1. The molecule has 0 unspecified atom stereocenters. The number of rotatable bonds is 2. The lowest BCUT2D eigenvalue weighted by Crippen LogP contribution is -2.34. The molecule has 1 amide bonds. The van der Waals surface area contributed by atoms with Gasteiger partial charge < -0.3 is 24.9 Å². The van der Waals surface area contributed by atoms with Crippen molar-refractivity contribution in [3.63, 3.8) is 0 Å². The molecule has 0 bridgehead atoms. The minimum absolute atomic E-state index is 0.0415. The van der Waals surface area contributed by atoms with Crippen LogP contribution in [0.25, 0.3) is 10.9 Å². The molecule has 2 aliphatic rings. The number of hydrogen-bond acceptors (Lipinski definition) is 4. The number of phenols is 1. The third kappa shape index (κ3) is 2.02. The lowest BCUT2D eigenvalue weighted by molar-refractivity contribution is -0.124. The zero-order chi connectivity index (χ0) is 17.8. The number of amides is 1. The summed E-state index contributed by atoms with van der Waals surface area (Å²) in [6.45, 7) is 0.595. The molecule has 6 heteroatoms. The van der Waals surface area contributed by atoms with Crippen molar-refractivity contribution >= 4 is 16.8 Å². The molecule has 132 valence electrons. The summed E-state index contributed by atoms with van der Waals surface area (Å²) in [5, 5.41) is 14.0. The Bertz CT molecular complexity index is 1040. The van der Waals surface area contributed by atoms with E-state index in [0.29, 0.717) is 12.3 Å². The van der Waals surface area contributed by atoms with Crippen molar-refractivity contribution in [3.8, 4) is 17.2 Å². The molecule has 0 radical (unpaired) electrons. The lowest BCUT2D eigenvalue weighted by Gasteiger charge is -2.21. The molecule has 5 rings (SSSR count). The Morgan fingerprint density at radius 3 is 3.00 bits per heavy atom. The van der Waals surface area contributed by atoms with E-state index in [2.05, 4.69) is 10.3 Å². The van der Waals surface area contributed by atoms with Crippen molar-refractivity contribution in [2.24, 2.45) is 0 Å². The Hall–Kier alpha value is -3.15. The van der Waals surface area contributed by atoms with E-state index >= 15 is 0 Å². The number of methoxy groups -OCH3 is 1. The van der Waals surface area contributed by atoms with E-state index in [4.69, 9.17) is 9.47 Å². The molecule has 0 saturated carbocycles. The van der Waals surface area contributed by atoms with Gasteiger partial charge in [0, 0.05) is 29.2 Å². The molecule has 3 aromatic rings. The molecule has 0 saturated heterocycles. The third-order valence-corrected chi connectivity index (χ3v) is 5.30. The highest BCUT2D eigenvalue weighted by Crippen LogP contribution is 2.51. The van der Waals surface area contributed by atoms with Crippen molar-refractivity contribution in [1.82, 2.24) is 10.3 Å². The summed E-state index contributed by atoms with van der Waals surface area (Å²) in [4.78, 5) is 16.2. The van der Waals surface area contributed by atoms with Crippen LogP contribution >= 0.6 is 0 Å². The second-order valence-electron chi connectivity index (χ2n) is 6.70. The molecule has 0 fully saturated rings. The van der Waals surface area contributed by atoms with Crippen LogP contribution in [0.5, 0.6) is 17.2 Å². The van der Waals surface area contributed by atoms with Gasteiger partial charge in [0.25, 0.3) is 0 Å². The van der Waals surface area contributed by atoms with E-state index in [0.717, 1.165) is 34.2 Å². The molecule has 26 heavy (non-hydrogen) atoms. The number of phenolic OH excluding ortho intramolecular Hbond substituents is 1. The minimum Gasteiger partial charge on any atom is -0.504 e. The van der Waals surface area contributed by atoms with Gasteiger partial charge in [0.05, 0.1) is 7.11 Å². The fourth-order valence-electron chi connectivity index (χ4n) is 4.10. The topological polar surface area (TPSA) is 83.6 Å². The van der Waals surface area contributed by atoms with Crippen LogP contribution in [0.4, 0.5) is 0 Å². The Kier molecular flexibility index (Phi) is 3.16. The van der Waals surface area contributed by atoms with Crippen molar-refractivity contribution in [1.29, 1.82) is 0 Å². The van der Waals surface area contributed by atoms with E-state index in [1.165, 1.54) is 12.7 Å². The molecule has 2 aromatic carbocycles. The van der Waals surface area contributed by atoms with Crippen molar-refractivity contribution in [3.05, 3.63) is 53.2 Å². The second kappa shape index (κ2) is 5.42. The zero-order valence-corrected chi connectivity index (χ0v) is 14.2. The molecular formula is C20H18N2O4. The number of H-pyrrole nitrogens is 1. The SMILES string of the molecule is COc1cc([C@H]2Oc3ccc4[nH]cc5c4c3[C@H]2C(=O)NCC5)ccc1O. The number of aromatic nitrogens is 1. The number of nitrogens with one attached hydrogen (secondary N) is 2. The van der Waals surface area contributed by atoms with E-state index in [-0.39, 0.29) is 11.7 Å². The Morgan fingerprint density at radius 1 is 1.27 bits per heavy atom. The van der Waals surface area contributed by atoms with E-state index in [9.17, 15) is 9.90 Å². The first-order chi connectivity index (χ1) is 12.7.